The van der Waals surface area contributed by atoms with Crippen LogP contribution in [0.25, 0.3) is 0 Å². The second-order valence-corrected chi connectivity index (χ2v) is 2.26. The Morgan fingerprint density at radius 1 is 1.00 bits per heavy atom. The second-order valence-electron chi connectivity index (χ2n) is 2.26. The number of rotatable bonds is 4. The molecule has 3 nitrogen and oxygen atoms in total. The summed E-state index contributed by atoms with van der Waals surface area (Å²) in [4.78, 5) is 20.6. The molecule has 0 heterocycles. The van der Waals surface area contributed by atoms with E-state index >= 15 is 0 Å². The maximum atomic E-state index is 10.3. The Labute approximate surface area is 60.7 Å². The third kappa shape index (κ3) is 10.3. The van der Waals surface area contributed by atoms with Gasteiger partial charge in [0, 0.05) is 12.8 Å². The molecule has 0 fully saturated rings. The van der Waals surface area contributed by atoms with Gasteiger partial charge in [-0.15, -0.1) is 0 Å². The summed E-state index contributed by atoms with van der Waals surface area (Å²) in [6, 6.07) is 0. The Balaban J connectivity index is 0. The van der Waals surface area contributed by atoms with Crippen LogP contribution in [0, 0.1) is 0 Å². The number of hydrogen-bond donors (Lipinski definition) is 0. The lowest BCUT2D eigenvalue weighted by Crippen LogP contribution is -1.93. The molecular weight excluding hydrogens is 132 g/mol. The zero-order valence-electron chi connectivity index (χ0n) is 6.44. The molecule has 0 aliphatic rings. The van der Waals surface area contributed by atoms with Crippen molar-refractivity contribution in [1.29, 1.82) is 0 Å². The average molecular weight is 146 g/mol. The van der Waals surface area contributed by atoms with Gasteiger partial charge in [-0.05, 0) is 20.3 Å². The molecule has 0 atom stereocenters. The van der Waals surface area contributed by atoms with Gasteiger partial charge < -0.3 is 15.1 Å². The predicted molar refractivity (Wildman–Crippen MR) is 38.8 cm³/mol. The summed E-state index contributed by atoms with van der Waals surface area (Å²) < 4.78 is 0. The number of Topliss-reactive ketones (excluding diaryl/α,β-unsaturated/α-hetero) is 2. The average Bonchev–Trinajstić information content (AvgIpc) is 1.63. The fraction of sp³-hybridized carbons (Fsp3) is 0.714. The van der Waals surface area contributed by atoms with E-state index in [-0.39, 0.29) is 17.0 Å². The first kappa shape index (κ1) is 12.0. The molecule has 0 saturated carbocycles. The van der Waals surface area contributed by atoms with Crippen LogP contribution >= 0.6 is 0 Å². The summed E-state index contributed by atoms with van der Waals surface area (Å²) in [5, 5.41) is 0. The maximum Gasteiger partial charge on any atom is 0.129 e. The molecule has 3 heteroatoms. The van der Waals surface area contributed by atoms with E-state index in [0.29, 0.717) is 19.3 Å². The lowest BCUT2D eigenvalue weighted by atomic mass is 10.1. The van der Waals surface area contributed by atoms with Crippen LogP contribution in [0.4, 0.5) is 0 Å². The zero-order valence-corrected chi connectivity index (χ0v) is 6.44. The molecule has 0 saturated heterocycles. The van der Waals surface area contributed by atoms with Crippen LogP contribution in [-0.4, -0.2) is 17.0 Å². The standard InChI is InChI=1S/C7H12O2.H2O/c1-6(8)4-3-5-7(2)9;/h3-5H2,1-2H3;1H2. The summed E-state index contributed by atoms with van der Waals surface area (Å²) >= 11 is 0. The van der Waals surface area contributed by atoms with E-state index in [0.717, 1.165) is 0 Å². The molecule has 0 amide bonds. The van der Waals surface area contributed by atoms with Crippen LogP contribution in [0.5, 0.6) is 0 Å². The smallest absolute Gasteiger partial charge is 0.129 e. The van der Waals surface area contributed by atoms with E-state index < -0.39 is 0 Å². The highest BCUT2D eigenvalue weighted by Crippen LogP contribution is 1.95. The molecule has 0 unspecified atom stereocenters. The molecular formula is C7H14O3. The highest BCUT2D eigenvalue weighted by molar-refractivity contribution is 5.78. The van der Waals surface area contributed by atoms with Crippen LogP contribution in [0.1, 0.15) is 33.1 Å². The highest BCUT2D eigenvalue weighted by Gasteiger charge is 1.95. The Bertz CT molecular complexity index is 104. The molecule has 0 aliphatic heterocycles. The van der Waals surface area contributed by atoms with E-state index in [9.17, 15) is 9.59 Å². The van der Waals surface area contributed by atoms with Gasteiger partial charge in [-0.3, -0.25) is 0 Å². The second kappa shape index (κ2) is 6.42. The fourth-order valence-corrected chi connectivity index (χ4v) is 0.586. The molecule has 0 rings (SSSR count). The molecule has 60 valence electrons. The molecule has 2 N–H and O–H groups in total. The zero-order chi connectivity index (χ0) is 7.28. The van der Waals surface area contributed by atoms with E-state index in [1.807, 2.05) is 0 Å². The number of ketones is 2. The van der Waals surface area contributed by atoms with Crippen molar-refractivity contribution >= 4 is 11.6 Å². The van der Waals surface area contributed by atoms with Gasteiger partial charge in [0.05, 0.1) is 0 Å². The van der Waals surface area contributed by atoms with Gasteiger partial charge in [-0.1, -0.05) is 0 Å². The third-order valence-corrected chi connectivity index (χ3v) is 1.06. The van der Waals surface area contributed by atoms with Gasteiger partial charge in [-0.25, -0.2) is 0 Å². The van der Waals surface area contributed by atoms with Crippen molar-refractivity contribution in [1.82, 2.24) is 0 Å². The van der Waals surface area contributed by atoms with Gasteiger partial charge in [0.25, 0.3) is 0 Å². The number of hydrogen-bond acceptors (Lipinski definition) is 2. The van der Waals surface area contributed by atoms with Gasteiger partial charge in [0.2, 0.25) is 0 Å². The molecule has 0 aromatic heterocycles. The van der Waals surface area contributed by atoms with E-state index in [4.69, 9.17) is 0 Å². The minimum atomic E-state index is 0. The summed E-state index contributed by atoms with van der Waals surface area (Å²) in [5.41, 5.74) is 0. The summed E-state index contributed by atoms with van der Waals surface area (Å²) in [5.74, 6) is 0.326. The predicted octanol–water partition coefficient (Wildman–Crippen LogP) is 0.510. The number of carbonyl (C=O) groups excluding carboxylic acids is 2. The van der Waals surface area contributed by atoms with Crippen molar-refractivity contribution in [3.63, 3.8) is 0 Å². The van der Waals surface area contributed by atoms with Gasteiger partial charge >= 0.3 is 0 Å². The number of carbonyl (C=O) groups is 2. The Morgan fingerprint density at radius 2 is 1.30 bits per heavy atom. The molecule has 0 radical (unpaired) electrons. The molecule has 0 spiro atoms. The Morgan fingerprint density at radius 3 is 1.50 bits per heavy atom. The largest absolute Gasteiger partial charge is 0.412 e. The van der Waals surface area contributed by atoms with E-state index in [1.54, 1.807) is 13.8 Å². The first-order valence-electron chi connectivity index (χ1n) is 3.12. The molecule has 0 aromatic rings. The molecule has 0 bridgehead atoms. The lowest BCUT2D eigenvalue weighted by molar-refractivity contribution is -0.118. The molecule has 10 heavy (non-hydrogen) atoms. The van der Waals surface area contributed by atoms with Crippen LogP contribution in [0.2, 0.25) is 0 Å². The molecule has 0 aliphatic carbocycles. The van der Waals surface area contributed by atoms with Gasteiger partial charge in [0.1, 0.15) is 11.6 Å². The van der Waals surface area contributed by atoms with Crippen LogP contribution < -0.4 is 0 Å². The van der Waals surface area contributed by atoms with Crippen molar-refractivity contribution in [2.75, 3.05) is 0 Å². The fourth-order valence-electron chi connectivity index (χ4n) is 0.586. The monoisotopic (exact) mass is 146 g/mol. The van der Waals surface area contributed by atoms with Crippen LogP contribution in [-0.2, 0) is 9.59 Å². The SMILES string of the molecule is CC(=O)CCCC(C)=O.O. The first-order chi connectivity index (χ1) is 4.13. The minimum Gasteiger partial charge on any atom is -0.412 e. The summed E-state index contributed by atoms with van der Waals surface area (Å²) in [7, 11) is 0. The Kier molecular flexibility index (Phi) is 7.72. The third-order valence-electron chi connectivity index (χ3n) is 1.06. The van der Waals surface area contributed by atoms with E-state index in [1.165, 1.54) is 0 Å². The topological polar surface area (TPSA) is 65.6 Å². The lowest BCUT2D eigenvalue weighted by Gasteiger charge is -1.90. The van der Waals surface area contributed by atoms with Crippen molar-refractivity contribution < 1.29 is 15.1 Å². The van der Waals surface area contributed by atoms with Crippen molar-refractivity contribution in [2.45, 2.75) is 33.1 Å². The van der Waals surface area contributed by atoms with Crippen molar-refractivity contribution in [2.24, 2.45) is 0 Å². The minimum absolute atomic E-state index is 0. The summed E-state index contributed by atoms with van der Waals surface area (Å²) in [6.07, 6.45) is 1.80. The highest BCUT2D eigenvalue weighted by atomic mass is 16.1. The van der Waals surface area contributed by atoms with Crippen molar-refractivity contribution in [3.8, 4) is 0 Å². The normalized spacial score (nSPS) is 8.20. The van der Waals surface area contributed by atoms with Crippen LogP contribution in [0.15, 0.2) is 0 Å². The summed E-state index contributed by atoms with van der Waals surface area (Å²) in [6.45, 7) is 3.08. The van der Waals surface area contributed by atoms with Gasteiger partial charge in [0.15, 0.2) is 0 Å². The van der Waals surface area contributed by atoms with Crippen molar-refractivity contribution in [3.05, 3.63) is 0 Å². The van der Waals surface area contributed by atoms with Crippen LogP contribution in [0.3, 0.4) is 0 Å². The molecule has 0 aromatic carbocycles. The quantitative estimate of drug-likeness (QED) is 0.580. The van der Waals surface area contributed by atoms with E-state index in [2.05, 4.69) is 0 Å². The maximum absolute atomic E-state index is 10.3. The Hall–Kier alpha value is -0.700. The first-order valence-corrected chi connectivity index (χ1v) is 3.12. The van der Waals surface area contributed by atoms with Gasteiger partial charge in [-0.2, -0.15) is 0 Å².